The number of rotatable bonds is 44. The highest BCUT2D eigenvalue weighted by Crippen LogP contribution is 2.32. The van der Waals surface area contributed by atoms with E-state index in [2.05, 4.69) is 0 Å². The minimum atomic E-state index is -2.14. The number of carboxylic acids is 12. The van der Waals surface area contributed by atoms with Crippen molar-refractivity contribution in [3.63, 3.8) is 0 Å². The van der Waals surface area contributed by atoms with Crippen molar-refractivity contribution in [1.29, 1.82) is 0 Å². The maximum absolute atomic E-state index is 12.6. The number of aliphatic hydroxyl groups excluding tert-OH is 6. The monoisotopic (exact) mass is 1790 g/mol. The van der Waals surface area contributed by atoms with E-state index in [9.17, 15) is 149 Å². The van der Waals surface area contributed by atoms with Crippen LogP contribution in [0.15, 0.2) is 0 Å². The van der Waals surface area contributed by atoms with Crippen LogP contribution in [-0.4, -0.2) is 644 Å². The van der Waals surface area contributed by atoms with Crippen molar-refractivity contribution in [1.82, 2.24) is 78.4 Å². The fourth-order valence-corrected chi connectivity index (χ4v) is 15.4. The van der Waals surface area contributed by atoms with Gasteiger partial charge in [-0.2, -0.15) is 0 Å². The summed E-state index contributed by atoms with van der Waals surface area (Å²) in [5.41, 5.74) is 0. The van der Waals surface area contributed by atoms with Crippen molar-refractivity contribution in [2.24, 2.45) is 0 Å². The molecule has 712 valence electrons. The van der Waals surface area contributed by atoms with Gasteiger partial charge in [0.05, 0.1) is 129 Å². The maximum Gasteiger partial charge on any atom is 0.317 e. The fraction of sp³-hybridized carbons (Fsp3) is 0.838. The molecule has 0 aromatic rings. The Hall–Kier alpha value is -7.40. The summed E-state index contributed by atoms with van der Waals surface area (Å²) in [5, 5.41) is 193. The number of hydrogen-bond donors (Lipinski definition) is 18. The first-order valence-corrected chi connectivity index (χ1v) is 41.5. The normalized spacial score (nSPS) is 24.7. The van der Waals surface area contributed by atoms with Crippen LogP contribution in [0.4, 0.5) is 0 Å². The number of β-amino-alcohol motifs (C(OH)–C–C–N with tert-alkyl or cyclic N) is 4. The molecule has 0 bridgehead atoms. The summed E-state index contributed by atoms with van der Waals surface area (Å²) in [4.78, 5) is 171. The van der Waals surface area contributed by atoms with Crippen LogP contribution in [0, 0.1) is 0 Å². The molecule has 0 amide bonds. The molecule has 18 N–H and O–H groups in total. The number of aliphatic hydroxyl groups is 6. The van der Waals surface area contributed by atoms with E-state index in [4.69, 9.17) is 18.9 Å². The maximum atomic E-state index is 12.6. The Kier molecular flexibility index (Phi) is 49.6. The molecule has 5 aliphatic rings. The molecular formula is C74H132N16O34. The third kappa shape index (κ3) is 45.3. The van der Waals surface area contributed by atoms with E-state index in [0.717, 1.165) is 0 Å². The highest BCUT2D eigenvalue weighted by molar-refractivity contribution is 5.73. The lowest BCUT2D eigenvalue weighted by molar-refractivity contribution is -0.276. The van der Waals surface area contributed by atoms with Gasteiger partial charge in [0.2, 0.25) is 0 Å². The molecule has 0 aromatic heterocycles. The molecule has 4 unspecified atom stereocenters. The third-order valence-corrected chi connectivity index (χ3v) is 21.8. The summed E-state index contributed by atoms with van der Waals surface area (Å²) >= 11 is 0. The molecule has 50 heteroatoms. The highest BCUT2D eigenvalue weighted by Gasteiger charge is 2.54. The zero-order valence-electron chi connectivity index (χ0n) is 70.3. The van der Waals surface area contributed by atoms with Crippen LogP contribution in [0.2, 0.25) is 0 Å². The SMILES string of the molecule is O=C(O)CN1CCN(CC(=O)O)CCN(CC(O)CO[C@@H]2[C@@H](OCC(O)CN3CCN(CC(=O)O)CCN(CC(=O)O)CCN(CC(=O)O)CC3)[C@H](OCC(O)CN3CCN(CC(=O)O)CCN(CC(=O)O)CCN(CC(=O)O)CC3)[C@@H](O)[C@@H](O)[C@H]2OCC(O)CN2CCN(CC(=O)O)CCN(CC(=O)O)CCN(CC(=O)O)CC2)CCN(CC(=O)O)CC1. The molecular weight excluding hydrogens is 1660 g/mol. The van der Waals surface area contributed by atoms with E-state index in [1.807, 2.05) is 0 Å². The van der Waals surface area contributed by atoms with Gasteiger partial charge in [-0.3, -0.25) is 136 Å². The summed E-state index contributed by atoms with van der Waals surface area (Å²) in [6.45, 7) is -8.27. The molecule has 5 rings (SSSR count). The van der Waals surface area contributed by atoms with Crippen molar-refractivity contribution in [2.45, 2.75) is 61.0 Å². The minimum absolute atomic E-state index is 0.0187. The molecule has 5 fully saturated rings. The molecule has 4 heterocycles. The largest absolute Gasteiger partial charge is 0.480 e. The van der Waals surface area contributed by atoms with Crippen LogP contribution in [-0.2, 0) is 76.5 Å². The van der Waals surface area contributed by atoms with Gasteiger partial charge < -0.3 is 111 Å². The predicted octanol–water partition coefficient (Wildman–Crippen LogP) is -12.4. The fourth-order valence-electron chi connectivity index (χ4n) is 15.4. The molecule has 1 saturated carbocycles. The van der Waals surface area contributed by atoms with Crippen LogP contribution in [0.3, 0.4) is 0 Å². The summed E-state index contributed by atoms with van der Waals surface area (Å²) in [7, 11) is 0. The summed E-state index contributed by atoms with van der Waals surface area (Å²) in [5.74, 6) is -14.3. The van der Waals surface area contributed by atoms with Crippen molar-refractivity contribution in [2.75, 3.05) is 341 Å². The van der Waals surface area contributed by atoms with Crippen LogP contribution in [0.5, 0.6) is 0 Å². The van der Waals surface area contributed by atoms with Gasteiger partial charge in [-0.05, 0) is 0 Å². The number of ether oxygens (including phenoxy) is 4. The van der Waals surface area contributed by atoms with Crippen molar-refractivity contribution >= 4 is 71.6 Å². The smallest absolute Gasteiger partial charge is 0.317 e. The lowest BCUT2D eigenvalue weighted by atomic mass is 9.84. The Labute approximate surface area is 717 Å². The Bertz CT molecular complexity index is 2950. The van der Waals surface area contributed by atoms with Gasteiger partial charge in [0, 0.05) is 236 Å². The molecule has 4 aliphatic heterocycles. The number of carboxylic acid groups (broad SMARTS) is 12. The zero-order valence-corrected chi connectivity index (χ0v) is 70.3. The van der Waals surface area contributed by atoms with Gasteiger partial charge in [-0.1, -0.05) is 0 Å². The second kappa shape index (κ2) is 57.4. The predicted molar refractivity (Wildman–Crippen MR) is 430 cm³/mol. The second-order valence-corrected chi connectivity index (χ2v) is 32.0. The molecule has 124 heavy (non-hydrogen) atoms. The Morgan fingerprint density at radius 2 is 0.282 bits per heavy atom. The molecule has 0 aromatic carbocycles. The second-order valence-electron chi connectivity index (χ2n) is 32.0. The van der Waals surface area contributed by atoms with Crippen molar-refractivity contribution < 1.29 is 168 Å². The lowest BCUT2D eigenvalue weighted by Gasteiger charge is -2.47. The van der Waals surface area contributed by atoms with Gasteiger partial charge in [-0.15, -0.1) is 0 Å². The van der Waals surface area contributed by atoms with Gasteiger partial charge in [0.25, 0.3) is 0 Å². The number of carbonyl (C=O) groups is 12. The van der Waals surface area contributed by atoms with E-state index in [-0.39, 0.29) is 236 Å². The molecule has 1 aliphatic carbocycles. The molecule has 0 spiro atoms. The standard InChI is InChI=1S/C74H132N16O34/c91-53(33-75-1-9-79(37-57(95)96)17-25-87(45-65(111)112)26-18-80(10-2-75)38-58(97)98)49-121-71-69(119)70(120)72(122-50-54(92)34-76-3-11-81(39-59(99)100)19-27-88(46-66(113)114)28-20-82(12-4-76)40-60(101)102)74(124-52-56(94)36-78-7-15-85(43-63(107)108)23-31-90(48-68(117)118)32-24-86(16-8-78)44-64(109)110)73(71)123-51-55(93)35-77-5-13-83(41-61(103)104)21-29-89(47-67(115)116)30-22-84(14-6-77)42-62(105)106/h53-56,69-74,91-94,119-120H,1-52H2,(H,95,96)(H,97,98)(H,99,100)(H,101,102)(H,103,104)(H,105,106)(H,107,108)(H,109,110)(H,111,112)(H,113,114)(H,115,116)(H,117,118)/t53?,54?,55?,56?,69-,70+,71-,72-,73+,74+/m1/s1. The molecule has 10 atom stereocenters. The Balaban J connectivity index is 1.61. The summed E-state index contributed by atoms with van der Waals surface area (Å²) in [6, 6.07) is 0. The average Bonchev–Trinajstić information content (AvgIpc) is 0.774. The van der Waals surface area contributed by atoms with Crippen LogP contribution >= 0.6 is 0 Å². The summed E-state index contributed by atoms with van der Waals surface area (Å²) < 4.78 is 26.2. The van der Waals surface area contributed by atoms with E-state index >= 15 is 0 Å². The van der Waals surface area contributed by atoms with Gasteiger partial charge >= 0.3 is 71.6 Å². The summed E-state index contributed by atoms with van der Waals surface area (Å²) in [6.07, 6.45) is -17.9. The van der Waals surface area contributed by atoms with Gasteiger partial charge in [-0.25, -0.2) is 0 Å². The number of nitrogens with zero attached hydrogens (tertiary/aromatic N) is 16. The number of hydrogen-bond acceptors (Lipinski definition) is 38. The van der Waals surface area contributed by atoms with E-state index < -0.39 is 238 Å². The van der Waals surface area contributed by atoms with E-state index in [1.54, 1.807) is 78.4 Å². The molecule has 4 saturated heterocycles. The Morgan fingerprint density at radius 3 is 0.387 bits per heavy atom. The van der Waals surface area contributed by atoms with Crippen LogP contribution < -0.4 is 0 Å². The number of aliphatic carboxylic acids is 12. The van der Waals surface area contributed by atoms with Crippen LogP contribution in [0.25, 0.3) is 0 Å². The van der Waals surface area contributed by atoms with Gasteiger partial charge in [0.1, 0.15) is 36.6 Å². The molecule has 50 nitrogen and oxygen atoms in total. The van der Waals surface area contributed by atoms with Crippen molar-refractivity contribution in [3.8, 4) is 0 Å². The van der Waals surface area contributed by atoms with E-state index in [1.165, 1.54) is 0 Å². The molecule has 0 radical (unpaired) electrons. The average molecular weight is 1790 g/mol. The zero-order chi connectivity index (χ0) is 91.5. The minimum Gasteiger partial charge on any atom is -0.480 e. The first-order valence-electron chi connectivity index (χ1n) is 41.5. The van der Waals surface area contributed by atoms with Crippen LogP contribution in [0.1, 0.15) is 0 Å². The first kappa shape index (κ1) is 107. The topological polar surface area (TPSA) is 658 Å². The van der Waals surface area contributed by atoms with Gasteiger partial charge in [0.15, 0.2) is 0 Å². The third-order valence-electron chi connectivity index (χ3n) is 21.8. The quantitative estimate of drug-likeness (QED) is 0.0269. The lowest BCUT2D eigenvalue weighted by Crippen LogP contribution is -2.67. The Morgan fingerprint density at radius 1 is 0.185 bits per heavy atom. The highest BCUT2D eigenvalue weighted by atomic mass is 16.6. The van der Waals surface area contributed by atoms with Crippen molar-refractivity contribution in [3.05, 3.63) is 0 Å². The van der Waals surface area contributed by atoms with E-state index in [0.29, 0.717) is 0 Å². The first-order chi connectivity index (χ1) is 58.7.